The fourth-order valence-electron chi connectivity index (χ4n) is 3.86. The number of carbonyl (C=O) groups is 1. The topological polar surface area (TPSA) is 59.0 Å². The number of thioether (sulfide) groups is 1. The summed E-state index contributed by atoms with van der Waals surface area (Å²) in [6, 6.07) is 9.72. The van der Waals surface area contributed by atoms with Crippen molar-refractivity contribution in [2.24, 2.45) is 0 Å². The van der Waals surface area contributed by atoms with E-state index in [2.05, 4.69) is 9.97 Å². The maximum Gasteiger partial charge on any atom is 0.246 e. The number of benzene rings is 1. The van der Waals surface area contributed by atoms with Gasteiger partial charge in [-0.3, -0.25) is 9.78 Å². The number of piperidine rings is 1. The molecule has 5 nitrogen and oxygen atoms in total. The number of likely N-dealkylation sites (tertiary alicyclic amines) is 1. The first kappa shape index (κ1) is 23.0. The third kappa shape index (κ3) is 5.82. The molecule has 1 aliphatic heterocycles. The maximum absolute atomic E-state index is 13.9. The number of hydrogen-bond donors (Lipinski definition) is 0. The van der Waals surface area contributed by atoms with Crippen molar-refractivity contribution in [3.05, 3.63) is 89.0 Å². The van der Waals surface area contributed by atoms with Crippen LogP contribution < -0.4 is 0 Å². The Morgan fingerprint density at radius 3 is 2.91 bits per heavy atom. The predicted molar refractivity (Wildman–Crippen MR) is 125 cm³/mol. The summed E-state index contributed by atoms with van der Waals surface area (Å²) in [4.78, 5) is 28.1. The molecule has 1 amide bonds. The van der Waals surface area contributed by atoms with Crippen LogP contribution in [0.15, 0.2) is 60.0 Å². The first-order valence-electron chi connectivity index (χ1n) is 10.8. The smallest absolute Gasteiger partial charge is 0.246 e. The average molecular weight is 467 g/mol. The third-order valence-electron chi connectivity index (χ3n) is 5.57. The molecule has 1 unspecified atom stereocenters. The van der Waals surface area contributed by atoms with Crippen molar-refractivity contribution in [2.45, 2.75) is 36.6 Å². The zero-order valence-corrected chi connectivity index (χ0v) is 19.1. The lowest BCUT2D eigenvalue weighted by Crippen LogP contribution is -2.38. The van der Waals surface area contributed by atoms with Crippen molar-refractivity contribution >= 4 is 23.7 Å². The molecule has 3 heterocycles. The van der Waals surface area contributed by atoms with Gasteiger partial charge in [-0.2, -0.15) is 0 Å². The first-order valence-corrected chi connectivity index (χ1v) is 11.8. The number of aryl methyl sites for hydroxylation is 1. The molecule has 0 radical (unpaired) electrons. The van der Waals surface area contributed by atoms with Gasteiger partial charge in [0.1, 0.15) is 0 Å². The van der Waals surface area contributed by atoms with Crippen LogP contribution in [-0.4, -0.2) is 38.8 Å². The SMILES string of the molecule is Cc1cnc(SCc2ccccn2)nc1C1CCCN(C(=O)/C=C/c2cccc(F)c2F)C1. The number of hydrogen-bond acceptors (Lipinski definition) is 5. The van der Waals surface area contributed by atoms with Crippen LogP contribution in [0.4, 0.5) is 8.78 Å². The molecule has 1 aromatic carbocycles. The minimum atomic E-state index is -0.953. The summed E-state index contributed by atoms with van der Waals surface area (Å²) < 4.78 is 27.3. The average Bonchev–Trinajstić information content (AvgIpc) is 2.85. The molecule has 2 aromatic heterocycles. The Morgan fingerprint density at radius 2 is 2.09 bits per heavy atom. The lowest BCUT2D eigenvalue weighted by atomic mass is 9.92. The molecule has 0 N–H and O–H groups in total. The molecule has 170 valence electrons. The van der Waals surface area contributed by atoms with E-state index in [0.717, 1.165) is 35.9 Å². The summed E-state index contributed by atoms with van der Waals surface area (Å²) in [6.07, 6.45) is 8.00. The molecule has 0 spiro atoms. The van der Waals surface area contributed by atoms with E-state index in [4.69, 9.17) is 4.98 Å². The van der Waals surface area contributed by atoms with Gasteiger partial charge in [0.05, 0.1) is 11.4 Å². The van der Waals surface area contributed by atoms with E-state index >= 15 is 0 Å². The summed E-state index contributed by atoms with van der Waals surface area (Å²) in [5.41, 5.74) is 2.96. The molecular formula is C25H24F2N4OS. The van der Waals surface area contributed by atoms with Gasteiger partial charge in [-0.05, 0) is 49.6 Å². The second kappa shape index (κ2) is 10.7. The van der Waals surface area contributed by atoms with Crippen LogP contribution in [0.3, 0.4) is 0 Å². The van der Waals surface area contributed by atoms with Crippen LogP contribution in [0, 0.1) is 18.6 Å². The molecule has 0 bridgehead atoms. The Labute approximate surface area is 196 Å². The molecule has 8 heteroatoms. The highest BCUT2D eigenvalue weighted by atomic mass is 32.2. The van der Waals surface area contributed by atoms with Crippen molar-refractivity contribution in [2.75, 3.05) is 13.1 Å². The molecule has 0 saturated carbocycles. The number of pyridine rings is 1. The van der Waals surface area contributed by atoms with Crippen LogP contribution in [0.5, 0.6) is 0 Å². The minimum Gasteiger partial charge on any atom is -0.338 e. The van der Waals surface area contributed by atoms with E-state index in [1.807, 2.05) is 31.3 Å². The minimum absolute atomic E-state index is 0.0538. The molecule has 1 atom stereocenters. The Hall–Kier alpha value is -3.13. The Balaban J connectivity index is 1.43. The second-order valence-electron chi connectivity index (χ2n) is 7.93. The van der Waals surface area contributed by atoms with Crippen LogP contribution >= 0.6 is 11.8 Å². The van der Waals surface area contributed by atoms with Crippen molar-refractivity contribution < 1.29 is 13.6 Å². The number of carbonyl (C=O) groups excluding carboxylic acids is 1. The highest BCUT2D eigenvalue weighted by Gasteiger charge is 2.26. The van der Waals surface area contributed by atoms with Gasteiger partial charge >= 0.3 is 0 Å². The molecule has 33 heavy (non-hydrogen) atoms. The standard InChI is InChI=1S/C25H24F2N4OS/c1-17-14-29-25(33-16-20-8-2-3-12-28-20)30-24(17)19-7-5-13-31(15-19)22(32)11-10-18-6-4-9-21(26)23(18)27/h2-4,6,8-12,14,19H,5,7,13,15-16H2,1H3/b11-10+. The Bertz CT molecular complexity index is 1160. The predicted octanol–water partition coefficient (Wildman–Crippen LogP) is 5.17. The first-order chi connectivity index (χ1) is 16.0. The van der Waals surface area contributed by atoms with Gasteiger partial charge < -0.3 is 4.90 Å². The molecule has 1 saturated heterocycles. The van der Waals surface area contributed by atoms with E-state index in [-0.39, 0.29) is 17.4 Å². The van der Waals surface area contributed by atoms with Crippen LogP contribution in [0.1, 0.15) is 41.3 Å². The highest BCUT2D eigenvalue weighted by Crippen LogP contribution is 2.29. The number of aromatic nitrogens is 3. The van der Waals surface area contributed by atoms with E-state index < -0.39 is 11.6 Å². The van der Waals surface area contributed by atoms with E-state index in [1.54, 1.807) is 11.1 Å². The maximum atomic E-state index is 13.9. The van der Waals surface area contributed by atoms with Crippen molar-refractivity contribution in [1.82, 2.24) is 19.9 Å². The molecule has 1 fully saturated rings. The van der Waals surface area contributed by atoms with Crippen LogP contribution in [0.2, 0.25) is 0 Å². The van der Waals surface area contributed by atoms with Gasteiger partial charge in [-0.15, -0.1) is 0 Å². The van der Waals surface area contributed by atoms with E-state index in [9.17, 15) is 13.6 Å². The van der Waals surface area contributed by atoms with Gasteiger partial charge in [0, 0.05) is 48.8 Å². The van der Waals surface area contributed by atoms with Gasteiger partial charge in [-0.25, -0.2) is 18.7 Å². The van der Waals surface area contributed by atoms with E-state index in [1.165, 1.54) is 36.0 Å². The Kier molecular flexibility index (Phi) is 7.44. The summed E-state index contributed by atoms with van der Waals surface area (Å²) >= 11 is 1.53. The van der Waals surface area contributed by atoms with Crippen molar-refractivity contribution in [3.8, 4) is 0 Å². The molecule has 1 aliphatic rings. The zero-order chi connectivity index (χ0) is 23.2. The quantitative estimate of drug-likeness (QED) is 0.285. The van der Waals surface area contributed by atoms with Crippen LogP contribution in [-0.2, 0) is 10.5 Å². The molecule has 0 aliphatic carbocycles. The van der Waals surface area contributed by atoms with Crippen LogP contribution in [0.25, 0.3) is 6.08 Å². The molecule has 4 rings (SSSR count). The zero-order valence-electron chi connectivity index (χ0n) is 18.2. The summed E-state index contributed by atoms with van der Waals surface area (Å²) in [5, 5.41) is 0.686. The third-order valence-corrected chi connectivity index (χ3v) is 6.47. The van der Waals surface area contributed by atoms with Crippen molar-refractivity contribution in [1.29, 1.82) is 0 Å². The number of rotatable bonds is 6. The normalized spacial score (nSPS) is 16.3. The number of amides is 1. The Morgan fingerprint density at radius 1 is 1.21 bits per heavy atom. The van der Waals surface area contributed by atoms with Gasteiger partial charge in [0.15, 0.2) is 16.8 Å². The summed E-state index contributed by atoms with van der Waals surface area (Å²) in [5.74, 6) is -1.33. The van der Waals surface area contributed by atoms with Gasteiger partial charge in [-0.1, -0.05) is 30.0 Å². The fourth-order valence-corrected chi connectivity index (χ4v) is 4.60. The monoisotopic (exact) mass is 466 g/mol. The highest BCUT2D eigenvalue weighted by molar-refractivity contribution is 7.98. The molecule has 3 aromatic rings. The van der Waals surface area contributed by atoms with E-state index in [0.29, 0.717) is 24.0 Å². The van der Waals surface area contributed by atoms with Gasteiger partial charge in [0.25, 0.3) is 0 Å². The summed E-state index contributed by atoms with van der Waals surface area (Å²) in [7, 11) is 0. The number of halogens is 2. The second-order valence-corrected chi connectivity index (χ2v) is 8.87. The lowest BCUT2D eigenvalue weighted by Gasteiger charge is -2.32. The summed E-state index contributed by atoms with van der Waals surface area (Å²) in [6.45, 7) is 3.13. The van der Waals surface area contributed by atoms with Crippen molar-refractivity contribution in [3.63, 3.8) is 0 Å². The number of nitrogens with zero attached hydrogens (tertiary/aromatic N) is 4. The fraction of sp³-hybridized carbons (Fsp3) is 0.280. The largest absolute Gasteiger partial charge is 0.338 e. The molecular weight excluding hydrogens is 442 g/mol. The lowest BCUT2D eigenvalue weighted by molar-refractivity contribution is -0.127. The van der Waals surface area contributed by atoms with Gasteiger partial charge in [0.2, 0.25) is 5.91 Å².